The van der Waals surface area contributed by atoms with E-state index in [0.29, 0.717) is 24.4 Å². The number of halogens is 1. The van der Waals surface area contributed by atoms with Crippen molar-refractivity contribution in [3.8, 4) is 5.75 Å². The Morgan fingerprint density at radius 1 is 1.31 bits per heavy atom. The molecule has 1 aliphatic carbocycles. The monoisotopic (exact) mass is 396 g/mol. The van der Waals surface area contributed by atoms with Gasteiger partial charge in [-0.25, -0.2) is 0 Å². The lowest BCUT2D eigenvalue weighted by Gasteiger charge is -2.32. The minimum absolute atomic E-state index is 0. The van der Waals surface area contributed by atoms with Crippen molar-refractivity contribution in [1.82, 2.24) is 10.2 Å². The van der Waals surface area contributed by atoms with Gasteiger partial charge in [-0.1, -0.05) is 25.0 Å². The summed E-state index contributed by atoms with van der Waals surface area (Å²) in [5.74, 6) is 3.56. The number of nitrogens with zero attached hydrogens (tertiary/aromatic N) is 1. The lowest BCUT2D eigenvalue weighted by atomic mass is 10.1. The van der Waals surface area contributed by atoms with Crippen LogP contribution in [0.5, 0.6) is 5.75 Å². The van der Waals surface area contributed by atoms with E-state index in [-0.39, 0.29) is 12.4 Å². The van der Waals surface area contributed by atoms with E-state index in [1.54, 1.807) is 0 Å². The maximum atomic E-state index is 13.1. The topological polar surface area (TPSA) is 41.6 Å². The highest BCUT2D eigenvalue weighted by molar-refractivity contribution is 7.99. The Bertz CT molecular complexity index is 616. The van der Waals surface area contributed by atoms with E-state index in [1.165, 1.54) is 24.0 Å². The maximum Gasteiger partial charge on any atom is 0.224 e. The Kier molecular flexibility index (Phi) is 7.12. The number of amides is 1. The number of fused-ring (bicyclic) bond motifs is 1. The second-order valence-corrected chi connectivity index (χ2v) is 8.58. The molecule has 2 aliphatic heterocycles. The van der Waals surface area contributed by atoms with Gasteiger partial charge in [0.15, 0.2) is 0 Å². The molecule has 144 valence electrons. The summed E-state index contributed by atoms with van der Waals surface area (Å²) in [6.45, 7) is 2.56. The molecule has 1 saturated heterocycles. The summed E-state index contributed by atoms with van der Waals surface area (Å²) in [6, 6.07) is 7.21. The number of ether oxygens (including phenoxy) is 1. The summed E-state index contributed by atoms with van der Waals surface area (Å²) >= 11 is 1.96. The standard InChI is InChI=1S/C20H28N2O2S.ClH/c23-20(12-17-14-25-10-8-21-17)22(18-3-1-2-4-18)13-15-5-6-19-16(11-15)7-9-24-19;/h5-6,11,17-18,21H,1-4,7-10,12-14H2;1H. The van der Waals surface area contributed by atoms with E-state index in [4.69, 9.17) is 4.74 Å². The molecule has 0 bridgehead atoms. The molecule has 0 spiro atoms. The molecule has 1 aromatic rings. The Morgan fingerprint density at radius 3 is 2.92 bits per heavy atom. The summed E-state index contributed by atoms with van der Waals surface area (Å²) in [5, 5.41) is 3.51. The molecule has 1 atom stereocenters. The van der Waals surface area contributed by atoms with Gasteiger partial charge in [0.2, 0.25) is 5.91 Å². The molecule has 3 aliphatic rings. The fourth-order valence-electron chi connectivity index (χ4n) is 4.25. The molecule has 1 saturated carbocycles. The van der Waals surface area contributed by atoms with Gasteiger partial charge in [-0.2, -0.15) is 11.8 Å². The first kappa shape index (κ1) is 19.8. The van der Waals surface area contributed by atoms with Gasteiger partial charge in [-0.3, -0.25) is 4.79 Å². The van der Waals surface area contributed by atoms with Gasteiger partial charge in [-0.05, 0) is 30.0 Å². The molecular formula is C20H29ClN2O2S. The van der Waals surface area contributed by atoms with Gasteiger partial charge in [0, 0.05) is 49.5 Å². The molecular weight excluding hydrogens is 368 g/mol. The molecule has 0 aromatic heterocycles. The van der Waals surface area contributed by atoms with Crippen LogP contribution in [0, 0.1) is 0 Å². The van der Waals surface area contributed by atoms with Crippen molar-refractivity contribution < 1.29 is 9.53 Å². The lowest BCUT2D eigenvalue weighted by molar-refractivity contribution is -0.134. The Labute approximate surface area is 166 Å². The van der Waals surface area contributed by atoms with Crippen molar-refractivity contribution in [2.75, 3.05) is 24.7 Å². The summed E-state index contributed by atoms with van der Waals surface area (Å²) in [4.78, 5) is 15.3. The number of benzene rings is 1. The average molecular weight is 397 g/mol. The third-order valence-corrected chi connectivity index (χ3v) is 6.74. The zero-order valence-corrected chi connectivity index (χ0v) is 16.9. The van der Waals surface area contributed by atoms with E-state index >= 15 is 0 Å². The van der Waals surface area contributed by atoms with Crippen molar-refractivity contribution >= 4 is 30.1 Å². The van der Waals surface area contributed by atoms with Gasteiger partial charge < -0.3 is 15.0 Å². The molecule has 6 heteroatoms. The summed E-state index contributed by atoms with van der Waals surface area (Å²) in [7, 11) is 0. The van der Waals surface area contributed by atoms with Crippen LogP contribution in [0.1, 0.15) is 43.2 Å². The number of hydrogen-bond acceptors (Lipinski definition) is 4. The molecule has 4 nitrogen and oxygen atoms in total. The van der Waals surface area contributed by atoms with Gasteiger partial charge in [0.1, 0.15) is 5.75 Å². The van der Waals surface area contributed by atoms with E-state index in [1.807, 2.05) is 11.8 Å². The summed E-state index contributed by atoms with van der Waals surface area (Å²) < 4.78 is 5.62. The molecule has 1 unspecified atom stereocenters. The number of thioether (sulfide) groups is 1. The first-order valence-electron chi connectivity index (χ1n) is 9.65. The van der Waals surface area contributed by atoms with Crippen LogP contribution >= 0.6 is 24.2 Å². The summed E-state index contributed by atoms with van der Waals surface area (Å²) in [6.07, 6.45) is 6.45. The van der Waals surface area contributed by atoms with Crippen LogP contribution in [-0.2, 0) is 17.8 Å². The van der Waals surface area contributed by atoms with Crippen molar-refractivity contribution in [1.29, 1.82) is 0 Å². The van der Waals surface area contributed by atoms with Crippen LogP contribution in [0.25, 0.3) is 0 Å². The van der Waals surface area contributed by atoms with Gasteiger partial charge in [0.25, 0.3) is 0 Å². The van der Waals surface area contributed by atoms with Gasteiger partial charge in [0.05, 0.1) is 6.61 Å². The third kappa shape index (κ3) is 4.68. The van der Waals surface area contributed by atoms with Crippen molar-refractivity contribution in [3.05, 3.63) is 29.3 Å². The smallest absolute Gasteiger partial charge is 0.224 e. The minimum Gasteiger partial charge on any atom is -0.493 e. The largest absolute Gasteiger partial charge is 0.493 e. The predicted molar refractivity (Wildman–Crippen MR) is 109 cm³/mol. The SMILES string of the molecule is Cl.O=C(CC1CSCCN1)N(Cc1ccc2c(c1)CCO2)C1CCCC1. The lowest BCUT2D eigenvalue weighted by Crippen LogP contribution is -2.45. The normalized spacial score (nSPS) is 22.4. The van der Waals surface area contributed by atoms with Crippen molar-refractivity contribution in [2.24, 2.45) is 0 Å². The van der Waals surface area contributed by atoms with E-state index in [2.05, 4.69) is 28.4 Å². The van der Waals surface area contributed by atoms with E-state index < -0.39 is 0 Å². The van der Waals surface area contributed by atoms with Crippen molar-refractivity contribution in [2.45, 2.75) is 57.2 Å². The van der Waals surface area contributed by atoms with Crippen LogP contribution in [0.2, 0.25) is 0 Å². The highest BCUT2D eigenvalue weighted by atomic mass is 35.5. The second-order valence-electron chi connectivity index (χ2n) is 7.43. The molecule has 26 heavy (non-hydrogen) atoms. The maximum absolute atomic E-state index is 13.1. The number of carbonyl (C=O) groups excluding carboxylic acids is 1. The number of nitrogens with one attached hydrogen (secondary N) is 1. The molecule has 1 aromatic carbocycles. The zero-order chi connectivity index (χ0) is 17.1. The molecule has 1 amide bonds. The van der Waals surface area contributed by atoms with Crippen LogP contribution in [-0.4, -0.2) is 47.5 Å². The number of hydrogen-bond donors (Lipinski definition) is 1. The predicted octanol–water partition coefficient (Wildman–Crippen LogP) is 3.41. The van der Waals surface area contributed by atoms with Crippen LogP contribution in [0.15, 0.2) is 18.2 Å². The highest BCUT2D eigenvalue weighted by Gasteiger charge is 2.29. The van der Waals surface area contributed by atoms with Crippen LogP contribution in [0.3, 0.4) is 0 Å². The fraction of sp³-hybridized carbons (Fsp3) is 0.650. The molecule has 2 heterocycles. The van der Waals surface area contributed by atoms with Crippen LogP contribution in [0.4, 0.5) is 0 Å². The summed E-state index contributed by atoms with van der Waals surface area (Å²) in [5.41, 5.74) is 2.54. The average Bonchev–Trinajstić information content (AvgIpc) is 3.31. The Morgan fingerprint density at radius 2 is 2.15 bits per heavy atom. The molecule has 1 N–H and O–H groups in total. The fourth-order valence-corrected chi connectivity index (χ4v) is 5.20. The quantitative estimate of drug-likeness (QED) is 0.828. The van der Waals surface area contributed by atoms with Gasteiger partial charge in [-0.15, -0.1) is 12.4 Å². The first-order chi connectivity index (χ1) is 12.3. The second kappa shape index (κ2) is 9.34. The van der Waals surface area contributed by atoms with Gasteiger partial charge >= 0.3 is 0 Å². The number of rotatable bonds is 5. The Balaban J connectivity index is 0.00000196. The molecule has 2 fully saturated rings. The molecule has 4 rings (SSSR count). The zero-order valence-electron chi connectivity index (χ0n) is 15.2. The molecule has 0 radical (unpaired) electrons. The highest BCUT2D eigenvalue weighted by Crippen LogP contribution is 2.29. The minimum atomic E-state index is 0. The van der Waals surface area contributed by atoms with Crippen molar-refractivity contribution in [3.63, 3.8) is 0 Å². The van der Waals surface area contributed by atoms with Crippen LogP contribution < -0.4 is 10.1 Å². The number of carbonyl (C=O) groups is 1. The Hall–Kier alpha value is -0.910. The third-order valence-electron chi connectivity index (χ3n) is 5.61. The first-order valence-corrected chi connectivity index (χ1v) is 10.8. The van der Waals surface area contributed by atoms with E-state index in [0.717, 1.165) is 56.2 Å². The van der Waals surface area contributed by atoms with E-state index in [9.17, 15) is 4.79 Å².